The van der Waals surface area contributed by atoms with Crippen LogP contribution in [-0.4, -0.2) is 23.2 Å². The summed E-state index contributed by atoms with van der Waals surface area (Å²) in [6, 6.07) is 9.80. The second-order valence-electron chi connectivity index (χ2n) is 2.64. The van der Waals surface area contributed by atoms with Crippen molar-refractivity contribution < 1.29 is 4.74 Å². The van der Waals surface area contributed by atoms with Gasteiger partial charge in [-0.25, -0.2) is 0 Å². The molecule has 100 valence electrons. The number of ether oxygens (including phenoxy) is 1. The van der Waals surface area contributed by atoms with E-state index in [-0.39, 0.29) is 4.84 Å². The molecular formula is C12H18Cl4O. The molecule has 0 saturated heterocycles. The normalized spacial score (nSPS) is 8.65. The monoisotopic (exact) mass is 318 g/mol. The first kappa shape index (κ1) is 19.5. The van der Waals surface area contributed by atoms with E-state index in [4.69, 9.17) is 51.1 Å². The van der Waals surface area contributed by atoms with Gasteiger partial charge in [-0.2, -0.15) is 0 Å². The Labute approximate surface area is 124 Å². The van der Waals surface area contributed by atoms with Crippen LogP contribution in [0, 0.1) is 0 Å². The Kier molecular flexibility index (Phi) is 18.6. The lowest BCUT2D eigenvalue weighted by atomic mass is 10.3. The third-order valence-electron chi connectivity index (χ3n) is 1.13. The van der Waals surface area contributed by atoms with Crippen molar-refractivity contribution >= 4 is 46.4 Å². The Morgan fingerprint density at radius 1 is 1.06 bits per heavy atom. The minimum atomic E-state index is -0.222. The van der Waals surface area contributed by atoms with Crippen molar-refractivity contribution in [3.8, 4) is 5.75 Å². The van der Waals surface area contributed by atoms with Gasteiger partial charge in [-0.15, -0.1) is 46.4 Å². The summed E-state index contributed by atoms with van der Waals surface area (Å²) in [6.45, 7) is 4.42. The Balaban J connectivity index is 0. The molecule has 1 nitrogen and oxygen atoms in total. The molecule has 0 aliphatic rings. The van der Waals surface area contributed by atoms with Crippen LogP contribution in [0.4, 0.5) is 0 Å². The summed E-state index contributed by atoms with van der Waals surface area (Å²) in [6.07, 6.45) is 0. The van der Waals surface area contributed by atoms with E-state index in [0.717, 1.165) is 12.4 Å². The molecule has 0 N–H and O–H groups in total. The summed E-state index contributed by atoms with van der Waals surface area (Å²) in [7, 11) is 0. The fraction of sp³-hybridized carbons (Fsp3) is 0.500. The van der Waals surface area contributed by atoms with Crippen molar-refractivity contribution in [2.24, 2.45) is 0 Å². The van der Waals surface area contributed by atoms with Crippen molar-refractivity contribution in [3.05, 3.63) is 30.3 Å². The first-order valence-corrected chi connectivity index (χ1v) is 7.10. The van der Waals surface area contributed by atoms with Crippen molar-refractivity contribution in [2.45, 2.75) is 18.7 Å². The highest BCUT2D eigenvalue weighted by Gasteiger charge is 1.83. The van der Waals surface area contributed by atoms with E-state index in [1.165, 1.54) is 0 Å². The second-order valence-corrected chi connectivity index (χ2v) is 4.93. The predicted molar refractivity (Wildman–Crippen MR) is 80.2 cm³/mol. The molecule has 1 rings (SSSR count). The molecule has 0 saturated carbocycles. The number of benzene rings is 1. The average Bonchev–Trinajstić information content (AvgIpc) is 2.30. The molecule has 0 radical (unpaired) electrons. The molecule has 0 heterocycles. The maximum atomic E-state index is 5.21. The van der Waals surface area contributed by atoms with Gasteiger partial charge in [0.1, 0.15) is 10.6 Å². The molecule has 0 fully saturated rings. The van der Waals surface area contributed by atoms with Crippen LogP contribution >= 0.6 is 46.4 Å². The third-order valence-corrected chi connectivity index (χ3v) is 1.70. The lowest BCUT2D eigenvalue weighted by Crippen LogP contribution is -1.89. The van der Waals surface area contributed by atoms with Crippen molar-refractivity contribution in [1.29, 1.82) is 0 Å². The maximum absolute atomic E-state index is 5.21. The van der Waals surface area contributed by atoms with Crippen LogP contribution in [-0.2, 0) is 0 Å². The molecule has 0 amide bonds. The van der Waals surface area contributed by atoms with Gasteiger partial charge >= 0.3 is 0 Å². The van der Waals surface area contributed by atoms with Crippen molar-refractivity contribution in [3.63, 3.8) is 0 Å². The quantitative estimate of drug-likeness (QED) is 0.681. The summed E-state index contributed by atoms with van der Waals surface area (Å²) in [5, 5.41) is 0. The van der Waals surface area contributed by atoms with Gasteiger partial charge in [0.25, 0.3) is 0 Å². The van der Waals surface area contributed by atoms with Crippen LogP contribution < -0.4 is 4.74 Å². The van der Waals surface area contributed by atoms with Gasteiger partial charge in [0, 0.05) is 11.8 Å². The summed E-state index contributed by atoms with van der Waals surface area (Å²) in [5.74, 6) is 2.06. The highest BCUT2D eigenvalue weighted by Crippen LogP contribution is 2.06. The molecule has 5 heteroatoms. The van der Waals surface area contributed by atoms with Crippen molar-refractivity contribution in [1.82, 2.24) is 0 Å². The van der Waals surface area contributed by atoms with Crippen LogP contribution in [0.25, 0.3) is 0 Å². The van der Waals surface area contributed by atoms with Crippen LogP contribution in [0.2, 0.25) is 0 Å². The molecule has 0 aromatic heterocycles. The number of alkyl halides is 4. The smallest absolute Gasteiger partial charge is 0.119 e. The molecule has 0 spiro atoms. The SMILES string of the molecule is CC(Cl)Cl.CCOc1ccccc1.ClCCCl. The molecule has 0 atom stereocenters. The topological polar surface area (TPSA) is 9.23 Å². The Morgan fingerprint density at radius 2 is 1.47 bits per heavy atom. The minimum Gasteiger partial charge on any atom is -0.494 e. The molecule has 1 aromatic rings. The van der Waals surface area contributed by atoms with Gasteiger partial charge < -0.3 is 4.74 Å². The van der Waals surface area contributed by atoms with Crippen LogP contribution in [0.1, 0.15) is 13.8 Å². The molecule has 0 aliphatic carbocycles. The molecule has 0 unspecified atom stereocenters. The van der Waals surface area contributed by atoms with Crippen LogP contribution in [0.15, 0.2) is 30.3 Å². The summed E-state index contributed by atoms with van der Waals surface area (Å²) >= 11 is 20.2. The minimum absolute atomic E-state index is 0.222. The zero-order chi connectivity index (χ0) is 13.5. The summed E-state index contributed by atoms with van der Waals surface area (Å²) < 4.78 is 5.21. The van der Waals surface area contributed by atoms with Gasteiger partial charge in [-0.1, -0.05) is 18.2 Å². The first-order chi connectivity index (χ1) is 8.08. The Morgan fingerprint density at radius 3 is 1.76 bits per heavy atom. The number of rotatable bonds is 3. The highest BCUT2D eigenvalue weighted by molar-refractivity contribution is 6.43. The molecule has 17 heavy (non-hydrogen) atoms. The summed E-state index contributed by atoms with van der Waals surface area (Å²) in [5.41, 5.74) is 0. The van der Waals surface area contributed by atoms with E-state index in [1.54, 1.807) is 6.92 Å². The number of halogens is 4. The third kappa shape index (κ3) is 21.9. The first-order valence-electron chi connectivity index (χ1n) is 5.16. The van der Waals surface area contributed by atoms with E-state index in [2.05, 4.69) is 0 Å². The Bertz CT molecular complexity index is 224. The fourth-order valence-electron chi connectivity index (χ4n) is 0.683. The molecular weight excluding hydrogens is 302 g/mol. The van der Waals surface area contributed by atoms with E-state index in [0.29, 0.717) is 11.8 Å². The van der Waals surface area contributed by atoms with Gasteiger partial charge in [-0.3, -0.25) is 0 Å². The Hall–Kier alpha value is 0.180. The van der Waals surface area contributed by atoms with E-state index in [9.17, 15) is 0 Å². The fourth-order valence-corrected chi connectivity index (χ4v) is 0.683. The highest BCUT2D eigenvalue weighted by atomic mass is 35.5. The van der Waals surface area contributed by atoms with E-state index < -0.39 is 0 Å². The molecule has 0 bridgehead atoms. The van der Waals surface area contributed by atoms with E-state index in [1.807, 2.05) is 37.3 Å². The second kappa shape index (κ2) is 16.2. The van der Waals surface area contributed by atoms with Crippen LogP contribution in [0.3, 0.4) is 0 Å². The largest absolute Gasteiger partial charge is 0.494 e. The lowest BCUT2D eigenvalue weighted by Gasteiger charge is -1.99. The average molecular weight is 320 g/mol. The predicted octanol–water partition coefficient (Wildman–Crippen LogP) is 5.36. The lowest BCUT2D eigenvalue weighted by molar-refractivity contribution is 0.340. The van der Waals surface area contributed by atoms with E-state index >= 15 is 0 Å². The number of hydrogen-bond donors (Lipinski definition) is 0. The zero-order valence-corrected chi connectivity index (χ0v) is 13.0. The molecule has 0 aliphatic heterocycles. The zero-order valence-electron chi connectivity index (χ0n) is 10.0. The van der Waals surface area contributed by atoms with Gasteiger partial charge in [0.15, 0.2) is 0 Å². The number of para-hydroxylation sites is 1. The van der Waals surface area contributed by atoms with Crippen LogP contribution in [0.5, 0.6) is 5.75 Å². The van der Waals surface area contributed by atoms with Crippen molar-refractivity contribution in [2.75, 3.05) is 18.4 Å². The van der Waals surface area contributed by atoms with Gasteiger partial charge in [0.05, 0.1) is 6.61 Å². The molecule has 1 aromatic carbocycles. The summed E-state index contributed by atoms with van der Waals surface area (Å²) in [4.78, 5) is -0.222. The van der Waals surface area contributed by atoms with Gasteiger partial charge in [0.2, 0.25) is 0 Å². The maximum Gasteiger partial charge on any atom is 0.119 e. The number of hydrogen-bond acceptors (Lipinski definition) is 1. The van der Waals surface area contributed by atoms with Gasteiger partial charge in [-0.05, 0) is 26.0 Å². The standard InChI is InChI=1S/C8H10O.2C2H4Cl2/c1-2-9-8-6-4-3-5-7-8;1-2(3)4;3-1-2-4/h3-7H,2H2,1H3;2H,1H3;1-2H2.